The second-order valence-electron chi connectivity index (χ2n) is 5.46. The molecule has 0 saturated carbocycles. The third-order valence-corrected chi connectivity index (χ3v) is 5.12. The lowest BCUT2D eigenvalue weighted by Crippen LogP contribution is -1.99. The summed E-state index contributed by atoms with van der Waals surface area (Å²) in [6, 6.07) is 14.9. The van der Waals surface area contributed by atoms with Gasteiger partial charge in [0.15, 0.2) is 5.78 Å². The number of methoxy groups -OCH3 is 1. The number of carbonyl (C=O) groups is 1. The van der Waals surface area contributed by atoms with Gasteiger partial charge in [-0.2, -0.15) is 0 Å². The average Bonchev–Trinajstić information content (AvgIpc) is 3.14. The Balaban J connectivity index is 1.51. The van der Waals surface area contributed by atoms with Gasteiger partial charge in [0.1, 0.15) is 5.75 Å². The molecule has 0 N–H and O–H groups in total. The van der Waals surface area contributed by atoms with Gasteiger partial charge < -0.3 is 9.15 Å². The van der Waals surface area contributed by atoms with Gasteiger partial charge in [-0.1, -0.05) is 52.0 Å². The van der Waals surface area contributed by atoms with Gasteiger partial charge in [-0.05, 0) is 30.7 Å². The lowest BCUT2D eigenvalue weighted by molar-refractivity contribution is 0.0982. The summed E-state index contributed by atoms with van der Waals surface area (Å²) < 4.78 is 12.0. The van der Waals surface area contributed by atoms with E-state index in [1.165, 1.54) is 11.8 Å². The van der Waals surface area contributed by atoms with Crippen molar-refractivity contribution in [3.8, 4) is 17.2 Å². The summed E-state index contributed by atoms with van der Waals surface area (Å²) in [7, 11) is 1.60. The number of Topliss-reactive ketones (excluding diaryl/α,β-unsaturated/α-hetero) is 1. The second kappa shape index (κ2) is 9.00. The summed E-state index contributed by atoms with van der Waals surface area (Å²) in [6.07, 6.45) is 1.23. The first kappa shape index (κ1) is 18.7. The Bertz CT molecular complexity index is 881. The van der Waals surface area contributed by atoms with Crippen LogP contribution in [0.15, 0.2) is 62.6 Å². The number of halogens is 1. The highest BCUT2D eigenvalue weighted by Crippen LogP contribution is 2.30. The number of ether oxygens (including phenoxy) is 1. The van der Waals surface area contributed by atoms with Gasteiger partial charge in [0.25, 0.3) is 11.1 Å². The fourth-order valence-corrected chi connectivity index (χ4v) is 3.33. The van der Waals surface area contributed by atoms with Crippen LogP contribution in [-0.2, 0) is 0 Å². The molecular formula is C19H17BrN2O3S. The molecule has 0 saturated heterocycles. The van der Waals surface area contributed by atoms with E-state index in [1.54, 1.807) is 7.11 Å². The van der Waals surface area contributed by atoms with Crippen LogP contribution >= 0.6 is 27.7 Å². The van der Waals surface area contributed by atoms with Crippen LogP contribution in [0.3, 0.4) is 0 Å². The summed E-state index contributed by atoms with van der Waals surface area (Å²) in [6.45, 7) is 0. The summed E-state index contributed by atoms with van der Waals surface area (Å²) in [5.74, 6) is 1.98. The van der Waals surface area contributed by atoms with Crippen LogP contribution in [0.4, 0.5) is 0 Å². The zero-order chi connectivity index (χ0) is 18.4. The Labute approximate surface area is 164 Å². The third-order valence-electron chi connectivity index (χ3n) is 3.68. The van der Waals surface area contributed by atoms with E-state index >= 15 is 0 Å². The highest BCUT2D eigenvalue weighted by molar-refractivity contribution is 9.10. The number of ketones is 1. The molecule has 134 valence electrons. The van der Waals surface area contributed by atoms with Crippen LogP contribution in [0.2, 0.25) is 0 Å². The van der Waals surface area contributed by atoms with E-state index in [-0.39, 0.29) is 5.78 Å². The van der Waals surface area contributed by atoms with E-state index in [1.807, 2.05) is 48.5 Å². The Hall–Kier alpha value is -2.12. The molecule has 2 aromatic carbocycles. The van der Waals surface area contributed by atoms with Gasteiger partial charge in [-0.25, -0.2) is 0 Å². The molecule has 0 aliphatic heterocycles. The molecule has 0 aliphatic carbocycles. The monoisotopic (exact) mass is 432 g/mol. The number of rotatable bonds is 8. The fourth-order valence-electron chi connectivity index (χ4n) is 2.37. The normalized spacial score (nSPS) is 10.7. The number of benzene rings is 2. The highest BCUT2D eigenvalue weighted by Gasteiger charge is 2.13. The Morgan fingerprint density at radius 1 is 1.15 bits per heavy atom. The number of hydrogen-bond donors (Lipinski definition) is 0. The maximum atomic E-state index is 12.1. The van der Waals surface area contributed by atoms with E-state index < -0.39 is 0 Å². The maximum Gasteiger partial charge on any atom is 0.276 e. The summed E-state index contributed by atoms with van der Waals surface area (Å²) >= 11 is 4.81. The average molecular weight is 433 g/mol. The largest absolute Gasteiger partial charge is 0.496 e. The number of carbonyl (C=O) groups excluding carboxylic acids is 1. The summed E-state index contributed by atoms with van der Waals surface area (Å²) in [5.41, 5.74) is 1.49. The van der Waals surface area contributed by atoms with Crippen molar-refractivity contribution in [1.29, 1.82) is 0 Å². The van der Waals surface area contributed by atoms with Crippen molar-refractivity contribution in [2.45, 2.75) is 18.1 Å². The Kier molecular flexibility index (Phi) is 6.46. The van der Waals surface area contributed by atoms with E-state index in [0.717, 1.165) is 27.8 Å². The van der Waals surface area contributed by atoms with Crippen LogP contribution in [0.5, 0.6) is 5.75 Å². The minimum absolute atomic E-state index is 0.137. The number of nitrogens with zero attached hydrogens (tertiary/aromatic N) is 2. The molecule has 0 aliphatic rings. The molecule has 7 heteroatoms. The molecule has 0 amide bonds. The molecule has 0 fully saturated rings. The van der Waals surface area contributed by atoms with Crippen molar-refractivity contribution in [3.05, 3.63) is 58.6 Å². The van der Waals surface area contributed by atoms with E-state index in [0.29, 0.717) is 23.3 Å². The first-order valence-corrected chi connectivity index (χ1v) is 9.83. The van der Waals surface area contributed by atoms with Crippen LogP contribution < -0.4 is 4.74 Å². The van der Waals surface area contributed by atoms with Gasteiger partial charge in [0.05, 0.1) is 12.7 Å². The molecule has 26 heavy (non-hydrogen) atoms. The van der Waals surface area contributed by atoms with E-state index in [4.69, 9.17) is 9.15 Å². The van der Waals surface area contributed by atoms with Crippen molar-refractivity contribution >= 4 is 33.5 Å². The third kappa shape index (κ3) is 4.74. The molecule has 5 nitrogen and oxygen atoms in total. The smallest absolute Gasteiger partial charge is 0.276 e. The van der Waals surface area contributed by atoms with Gasteiger partial charge >= 0.3 is 0 Å². The SMILES string of the molecule is COc1ccccc1-c1nnc(SCCCC(=O)c2ccc(Br)cc2)o1. The fraction of sp³-hybridized carbons (Fsp3) is 0.211. The van der Waals surface area contributed by atoms with E-state index in [9.17, 15) is 4.79 Å². The predicted molar refractivity (Wildman–Crippen MR) is 105 cm³/mol. The second-order valence-corrected chi connectivity index (χ2v) is 7.42. The standard InChI is InChI=1S/C19H17BrN2O3S/c1-24-17-7-3-2-5-15(17)18-21-22-19(25-18)26-12-4-6-16(23)13-8-10-14(20)11-9-13/h2-3,5,7-11H,4,6,12H2,1H3. The molecule has 0 bridgehead atoms. The van der Waals surface area contributed by atoms with Gasteiger partial charge in [-0.3, -0.25) is 4.79 Å². The maximum absolute atomic E-state index is 12.1. The van der Waals surface area contributed by atoms with E-state index in [2.05, 4.69) is 26.1 Å². The zero-order valence-electron chi connectivity index (χ0n) is 14.1. The minimum atomic E-state index is 0.137. The first-order chi connectivity index (χ1) is 12.7. The highest BCUT2D eigenvalue weighted by atomic mass is 79.9. The molecule has 0 atom stereocenters. The number of aromatic nitrogens is 2. The number of thioether (sulfide) groups is 1. The topological polar surface area (TPSA) is 65.2 Å². The van der Waals surface area contributed by atoms with Crippen LogP contribution in [0, 0.1) is 0 Å². The summed E-state index contributed by atoms with van der Waals surface area (Å²) in [5, 5.41) is 8.62. The first-order valence-electron chi connectivity index (χ1n) is 8.06. The van der Waals surface area contributed by atoms with Crippen molar-refractivity contribution in [2.24, 2.45) is 0 Å². The lowest BCUT2D eigenvalue weighted by atomic mass is 10.1. The Morgan fingerprint density at radius 2 is 1.92 bits per heavy atom. The Morgan fingerprint density at radius 3 is 2.69 bits per heavy atom. The van der Waals surface area contributed by atoms with Crippen LogP contribution in [-0.4, -0.2) is 28.8 Å². The van der Waals surface area contributed by atoms with Crippen LogP contribution in [0.1, 0.15) is 23.2 Å². The minimum Gasteiger partial charge on any atom is -0.496 e. The van der Waals surface area contributed by atoms with Crippen molar-refractivity contribution in [1.82, 2.24) is 10.2 Å². The zero-order valence-corrected chi connectivity index (χ0v) is 16.5. The molecule has 0 unspecified atom stereocenters. The van der Waals surface area contributed by atoms with Gasteiger partial charge in [0, 0.05) is 22.2 Å². The van der Waals surface area contributed by atoms with Gasteiger partial charge in [-0.15, -0.1) is 10.2 Å². The molecule has 0 radical (unpaired) electrons. The molecule has 0 spiro atoms. The predicted octanol–water partition coefficient (Wildman–Crippen LogP) is 5.26. The summed E-state index contributed by atoms with van der Waals surface area (Å²) in [4.78, 5) is 12.1. The quantitative estimate of drug-likeness (QED) is 0.274. The molecule has 3 rings (SSSR count). The van der Waals surface area contributed by atoms with Gasteiger partial charge in [0.2, 0.25) is 0 Å². The molecule has 3 aromatic rings. The van der Waals surface area contributed by atoms with Crippen LogP contribution in [0.25, 0.3) is 11.5 Å². The lowest BCUT2D eigenvalue weighted by Gasteiger charge is -2.03. The van der Waals surface area contributed by atoms with Crippen molar-refractivity contribution in [2.75, 3.05) is 12.9 Å². The van der Waals surface area contributed by atoms with Crippen molar-refractivity contribution in [3.63, 3.8) is 0 Å². The number of para-hydroxylation sites is 1. The number of hydrogen-bond acceptors (Lipinski definition) is 6. The molecule has 1 aromatic heterocycles. The van der Waals surface area contributed by atoms with Crippen molar-refractivity contribution < 1.29 is 13.9 Å². The molecular weight excluding hydrogens is 416 g/mol. The molecule has 1 heterocycles.